The van der Waals surface area contributed by atoms with E-state index in [9.17, 15) is 0 Å². The van der Waals surface area contributed by atoms with Gasteiger partial charge < -0.3 is 4.90 Å². The van der Waals surface area contributed by atoms with Crippen LogP contribution in [-0.4, -0.2) is 0 Å². The van der Waals surface area contributed by atoms with Gasteiger partial charge in [-0.05, 0) is 109 Å². The molecule has 0 spiro atoms. The monoisotopic (exact) mass is 613 g/mol. The molecule has 1 nitrogen and oxygen atoms in total. The second-order valence-corrected chi connectivity index (χ2v) is 13.4. The molecule has 0 amide bonds. The number of hydrogen-bond acceptors (Lipinski definition) is 1. The van der Waals surface area contributed by atoms with Crippen molar-refractivity contribution in [1.82, 2.24) is 0 Å². The normalized spacial score (nSPS) is 13.0. The highest BCUT2D eigenvalue weighted by atomic mass is 15.1. The van der Waals surface area contributed by atoms with Gasteiger partial charge in [0, 0.05) is 22.5 Å². The Balaban J connectivity index is 1.23. The molecule has 0 radical (unpaired) electrons. The van der Waals surface area contributed by atoms with E-state index in [4.69, 9.17) is 0 Å². The summed E-state index contributed by atoms with van der Waals surface area (Å²) in [6, 6.07) is 64.4. The van der Waals surface area contributed by atoms with Crippen LogP contribution in [0.4, 0.5) is 17.1 Å². The SMILES string of the molecule is CC1(C)c2ccccc2-c2cc(N(c3ccc(-c4ccccc4)cc3)c3cccc(-c4cc5ccccc5c5ccccc45)c3)ccc21. The molecule has 0 saturated carbocycles. The van der Waals surface area contributed by atoms with Crippen LogP contribution in [0.1, 0.15) is 25.0 Å². The molecule has 1 aliphatic carbocycles. The summed E-state index contributed by atoms with van der Waals surface area (Å²) >= 11 is 0. The van der Waals surface area contributed by atoms with Gasteiger partial charge in [-0.25, -0.2) is 0 Å². The maximum absolute atomic E-state index is 2.41. The maximum Gasteiger partial charge on any atom is 0.0468 e. The van der Waals surface area contributed by atoms with E-state index in [0.29, 0.717) is 0 Å². The summed E-state index contributed by atoms with van der Waals surface area (Å²) in [6.07, 6.45) is 0. The van der Waals surface area contributed by atoms with Crippen LogP contribution in [0.15, 0.2) is 176 Å². The number of hydrogen-bond donors (Lipinski definition) is 0. The average Bonchev–Trinajstić information content (AvgIpc) is 3.38. The lowest BCUT2D eigenvalue weighted by molar-refractivity contribution is 0.660. The third-order valence-corrected chi connectivity index (χ3v) is 10.2. The number of nitrogens with zero attached hydrogens (tertiary/aromatic N) is 1. The second-order valence-electron chi connectivity index (χ2n) is 13.4. The van der Waals surface area contributed by atoms with Gasteiger partial charge >= 0.3 is 0 Å². The van der Waals surface area contributed by atoms with Crippen molar-refractivity contribution in [3.05, 3.63) is 187 Å². The van der Waals surface area contributed by atoms with Crippen LogP contribution in [-0.2, 0) is 5.41 Å². The molecular formula is C47H35N. The Morgan fingerprint density at radius 1 is 0.354 bits per heavy atom. The fourth-order valence-electron chi connectivity index (χ4n) is 7.83. The molecule has 1 aliphatic rings. The quantitative estimate of drug-likeness (QED) is 0.175. The van der Waals surface area contributed by atoms with Crippen molar-refractivity contribution in [2.24, 2.45) is 0 Å². The number of anilines is 3. The molecule has 0 unspecified atom stereocenters. The zero-order valence-corrected chi connectivity index (χ0v) is 27.2. The fraction of sp³-hybridized carbons (Fsp3) is 0.0638. The van der Waals surface area contributed by atoms with Crippen molar-refractivity contribution in [3.63, 3.8) is 0 Å². The predicted octanol–water partition coefficient (Wildman–Crippen LogP) is 13.1. The smallest absolute Gasteiger partial charge is 0.0468 e. The summed E-state index contributed by atoms with van der Waals surface area (Å²) in [5, 5.41) is 5.09. The summed E-state index contributed by atoms with van der Waals surface area (Å²) in [5.74, 6) is 0. The molecule has 0 saturated heterocycles. The molecule has 0 aliphatic heterocycles. The predicted molar refractivity (Wildman–Crippen MR) is 205 cm³/mol. The van der Waals surface area contributed by atoms with Gasteiger partial charge in [0.1, 0.15) is 0 Å². The van der Waals surface area contributed by atoms with Gasteiger partial charge in [0.25, 0.3) is 0 Å². The van der Waals surface area contributed by atoms with Crippen molar-refractivity contribution in [1.29, 1.82) is 0 Å². The van der Waals surface area contributed by atoms with Crippen LogP contribution >= 0.6 is 0 Å². The summed E-state index contributed by atoms with van der Waals surface area (Å²) in [5.41, 5.74) is 13.7. The van der Waals surface area contributed by atoms with E-state index < -0.39 is 0 Å². The van der Waals surface area contributed by atoms with E-state index in [1.807, 2.05) is 0 Å². The second kappa shape index (κ2) is 11.1. The van der Waals surface area contributed by atoms with Crippen LogP contribution in [0.25, 0.3) is 54.9 Å². The molecule has 0 bridgehead atoms. The lowest BCUT2D eigenvalue weighted by atomic mass is 9.82. The number of rotatable bonds is 5. The minimum atomic E-state index is -0.0380. The topological polar surface area (TPSA) is 3.24 Å². The van der Waals surface area contributed by atoms with Crippen LogP contribution < -0.4 is 4.90 Å². The van der Waals surface area contributed by atoms with Crippen molar-refractivity contribution < 1.29 is 0 Å². The highest BCUT2D eigenvalue weighted by Gasteiger charge is 2.35. The molecule has 0 aromatic heterocycles. The summed E-state index contributed by atoms with van der Waals surface area (Å²) < 4.78 is 0. The minimum Gasteiger partial charge on any atom is -0.310 e. The van der Waals surface area contributed by atoms with E-state index in [2.05, 4.69) is 195 Å². The lowest BCUT2D eigenvalue weighted by Gasteiger charge is -2.28. The van der Waals surface area contributed by atoms with Crippen LogP contribution in [0.5, 0.6) is 0 Å². The third kappa shape index (κ3) is 4.54. The Labute approximate surface area is 282 Å². The third-order valence-electron chi connectivity index (χ3n) is 10.2. The van der Waals surface area contributed by atoms with Crippen molar-refractivity contribution in [3.8, 4) is 33.4 Å². The first-order chi connectivity index (χ1) is 23.6. The molecule has 0 atom stereocenters. The highest BCUT2D eigenvalue weighted by molar-refractivity contribution is 6.13. The molecule has 8 aromatic carbocycles. The number of fused-ring (bicyclic) bond motifs is 6. The molecular weight excluding hydrogens is 579 g/mol. The van der Waals surface area contributed by atoms with E-state index in [1.165, 1.54) is 66.1 Å². The Hall–Kier alpha value is -5.92. The lowest BCUT2D eigenvalue weighted by Crippen LogP contribution is -2.15. The molecule has 1 heteroatoms. The molecule has 9 rings (SSSR count). The van der Waals surface area contributed by atoms with Gasteiger partial charge in [-0.3, -0.25) is 0 Å². The van der Waals surface area contributed by atoms with Gasteiger partial charge in [-0.15, -0.1) is 0 Å². The number of benzene rings is 8. The van der Waals surface area contributed by atoms with Gasteiger partial charge in [-0.1, -0.05) is 147 Å². The summed E-state index contributed by atoms with van der Waals surface area (Å²) in [6.45, 7) is 4.68. The van der Waals surface area contributed by atoms with Crippen molar-refractivity contribution >= 4 is 38.6 Å². The van der Waals surface area contributed by atoms with Gasteiger partial charge in [0.2, 0.25) is 0 Å². The van der Waals surface area contributed by atoms with E-state index in [0.717, 1.165) is 17.1 Å². The Morgan fingerprint density at radius 2 is 0.958 bits per heavy atom. The standard InChI is InChI=1S/C47H35N/c1-47(2)45-22-11-10-21-42(45)44-31-38(27-28-46(44)47)48(36-25-23-33(24-26-36)32-13-4-3-5-14-32)37-17-12-16-34(29-37)43-30-35-15-6-7-18-39(35)40-19-8-9-20-41(40)43/h3-31H,1-2H3. The van der Waals surface area contributed by atoms with Gasteiger partial charge in [-0.2, -0.15) is 0 Å². The molecule has 8 aromatic rings. The van der Waals surface area contributed by atoms with Crippen molar-refractivity contribution in [2.45, 2.75) is 19.3 Å². The van der Waals surface area contributed by atoms with E-state index in [1.54, 1.807) is 0 Å². The zero-order chi connectivity index (χ0) is 32.2. The maximum atomic E-state index is 2.41. The molecule has 48 heavy (non-hydrogen) atoms. The largest absolute Gasteiger partial charge is 0.310 e. The molecule has 0 fully saturated rings. The fourth-order valence-corrected chi connectivity index (χ4v) is 7.83. The minimum absolute atomic E-state index is 0.0380. The van der Waals surface area contributed by atoms with Crippen molar-refractivity contribution in [2.75, 3.05) is 4.90 Å². The first-order valence-electron chi connectivity index (χ1n) is 16.8. The molecule has 0 N–H and O–H groups in total. The van der Waals surface area contributed by atoms with Gasteiger partial charge in [0.15, 0.2) is 0 Å². The Kier molecular flexibility index (Phi) is 6.55. The van der Waals surface area contributed by atoms with Crippen LogP contribution in [0.2, 0.25) is 0 Å². The summed E-state index contributed by atoms with van der Waals surface area (Å²) in [7, 11) is 0. The molecule has 228 valence electrons. The highest BCUT2D eigenvalue weighted by Crippen LogP contribution is 2.51. The summed E-state index contributed by atoms with van der Waals surface area (Å²) in [4.78, 5) is 2.41. The first kappa shape index (κ1) is 28.3. The van der Waals surface area contributed by atoms with Gasteiger partial charge in [0.05, 0.1) is 0 Å². The van der Waals surface area contributed by atoms with E-state index >= 15 is 0 Å². The van der Waals surface area contributed by atoms with E-state index in [-0.39, 0.29) is 5.41 Å². The van der Waals surface area contributed by atoms with Crippen LogP contribution in [0, 0.1) is 0 Å². The first-order valence-corrected chi connectivity index (χ1v) is 16.8. The molecule has 0 heterocycles. The average molecular weight is 614 g/mol. The van der Waals surface area contributed by atoms with Crippen LogP contribution in [0.3, 0.4) is 0 Å². The Morgan fingerprint density at radius 3 is 1.79 bits per heavy atom. The Bertz CT molecular complexity index is 2470. The zero-order valence-electron chi connectivity index (χ0n) is 27.2.